The molecular formula is C47H73NO14. The summed E-state index contributed by atoms with van der Waals surface area (Å²) in [6.45, 7) is 21.6. The van der Waals surface area contributed by atoms with Crippen LogP contribution in [0.25, 0.3) is 0 Å². The van der Waals surface area contributed by atoms with E-state index in [1.807, 2.05) is 71.9 Å². The lowest BCUT2D eigenvalue weighted by atomic mass is 9.85. The lowest BCUT2D eigenvalue weighted by Gasteiger charge is -2.50. The molecule has 0 aliphatic carbocycles. The van der Waals surface area contributed by atoms with Crippen LogP contribution in [-0.2, 0) is 55.9 Å². The fourth-order valence-corrected chi connectivity index (χ4v) is 7.75. The molecule has 2 saturated heterocycles. The third kappa shape index (κ3) is 13.0. The maximum atomic E-state index is 14.2. The van der Waals surface area contributed by atoms with Crippen LogP contribution in [0.2, 0.25) is 0 Å². The molecule has 15 heteroatoms. The minimum atomic E-state index is -1.61. The molecule has 2 aliphatic rings. The number of phenols is 1. The van der Waals surface area contributed by atoms with Crippen LogP contribution >= 0.6 is 0 Å². The van der Waals surface area contributed by atoms with Gasteiger partial charge in [-0.05, 0) is 105 Å². The van der Waals surface area contributed by atoms with Gasteiger partial charge in [0.25, 0.3) is 5.91 Å². The molecule has 10 atom stereocenters. The maximum Gasteiger partial charge on any atom is 0.338 e. The zero-order chi connectivity index (χ0) is 46.5. The van der Waals surface area contributed by atoms with E-state index in [0.29, 0.717) is 5.56 Å². The average molecular weight is 876 g/mol. The normalized spacial score (nSPS) is 27.7. The number of aromatic hydroxyl groups is 1. The van der Waals surface area contributed by atoms with Gasteiger partial charge in [0.2, 0.25) is 0 Å². The van der Waals surface area contributed by atoms with Crippen molar-refractivity contribution in [1.29, 1.82) is 0 Å². The number of carbonyl (C=O) groups is 2. The second-order valence-corrected chi connectivity index (χ2v) is 19.5. The topological polar surface area (TPSA) is 203 Å². The van der Waals surface area contributed by atoms with E-state index in [2.05, 4.69) is 0 Å². The van der Waals surface area contributed by atoms with Gasteiger partial charge in [0.05, 0.1) is 35.1 Å². The largest absolute Gasteiger partial charge is 0.508 e. The molecule has 62 heavy (non-hydrogen) atoms. The van der Waals surface area contributed by atoms with Crippen LogP contribution in [-0.4, -0.2) is 146 Å². The van der Waals surface area contributed by atoms with Crippen molar-refractivity contribution in [3.8, 4) is 5.75 Å². The molecule has 0 spiro atoms. The number of aliphatic hydroxyl groups excluding tert-OH is 4. The van der Waals surface area contributed by atoms with Gasteiger partial charge < -0.3 is 63.6 Å². The quantitative estimate of drug-likeness (QED) is 0.124. The van der Waals surface area contributed by atoms with Crippen molar-refractivity contribution in [3.05, 3.63) is 65.7 Å². The summed E-state index contributed by atoms with van der Waals surface area (Å²) in [6, 6.07) is 15.6. The molecule has 2 heterocycles. The lowest BCUT2D eigenvalue weighted by molar-refractivity contribution is -0.295. The van der Waals surface area contributed by atoms with Crippen LogP contribution in [0.4, 0.5) is 0 Å². The molecular weight excluding hydrogens is 803 g/mol. The first-order chi connectivity index (χ1) is 28.7. The van der Waals surface area contributed by atoms with Crippen molar-refractivity contribution in [2.75, 3.05) is 13.7 Å². The smallest absolute Gasteiger partial charge is 0.338 e. The molecule has 0 radical (unpaired) electrons. The maximum absolute atomic E-state index is 14.2. The summed E-state index contributed by atoms with van der Waals surface area (Å²) in [6.07, 6.45) is -14.0. The third-order valence-electron chi connectivity index (χ3n) is 12.0. The van der Waals surface area contributed by atoms with Crippen molar-refractivity contribution in [2.45, 2.75) is 192 Å². The van der Waals surface area contributed by atoms with E-state index in [1.165, 1.54) is 17.0 Å². The minimum absolute atomic E-state index is 0.00383. The molecule has 2 aliphatic heterocycles. The Morgan fingerprint density at radius 1 is 0.710 bits per heavy atom. The summed E-state index contributed by atoms with van der Waals surface area (Å²) in [4.78, 5) is 29.4. The van der Waals surface area contributed by atoms with Crippen LogP contribution in [0.1, 0.15) is 101 Å². The van der Waals surface area contributed by atoms with E-state index in [1.54, 1.807) is 60.7 Å². The number of amides is 1. The lowest BCUT2D eigenvalue weighted by Crippen LogP contribution is -2.68. The number of rotatable bonds is 19. The van der Waals surface area contributed by atoms with Gasteiger partial charge in [-0.1, -0.05) is 56.3 Å². The van der Waals surface area contributed by atoms with Gasteiger partial charge in [-0.15, -0.1) is 0 Å². The highest BCUT2D eigenvalue weighted by atomic mass is 16.6. The number of hydrogen-bond donors (Lipinski definition) is 5. The summed E-state index contributed by atoms with van der Waals surface area (Å²) < 4.78 is 43.6. The number of phenolic OH excluding ortho intramolecular Hbond substituents is 1. The molecule has 2 aromatic carbocycles. The number of aliphatic hydroxyl groups is 4. The van der Waals surface area contributed by atoms with E-state index < -0.39 is 95.3 Å². The van der Waals surface area contributed by atoms with E-state index in [4.69, 9.17) is 33.2 Å². The predicted molar refractivity (Wildman–Crippen MR) is 230 cm³/mol. The van der Waals surface area contributed by atoms with E-state index >= 15 is 0 Å². The molecule has 4 rings (SSSR count). The summed E-state index contributed by atoms with van der Waals surface area (Å²) in [7, 11) is 1.65. The monoisotopic (exact) mass is 876 g/mol. The Labute approximate surface area is 367 Å². The number of carbonyl (C=O) groups excluding carboxylic acids is 2. The molecule has 1 amide bonds. The summed E-state index contributed by atoms with van der Waals surface area (Å²) in [5, 5.41) is 56.0. The van der Waals surface area contributed by atoms with Gasteiger partial charge in [-0.25, -0.2) is 4.79 Å². The SMILES string of the molecule is CC(C)OC(C)(C)[C@@H]1OC(C(=O)OCc2ccc(O)cc2)[C@@H](OC(C)(C)CCOC(C)(C)[C@@H]2OC(C(=O)N(C)Cc3ccccc3)[C@@H](OC(C)(C)C(C)C)[C@H](O)[C@@H]2O)[C@H](O)[C@@H]1O. The van der Waals surface area contributed by atoms with Crippen molar-refractivity contribution in [3.63, 3.8) is 0 Å². The highest BCUT2D eigenvalue weighted by Crippen LogP contribution is 2.38. The van der Waals surface area contributed by atoms with E-state index in [-0.39, 0.29) is 44.0 Å². The van der Waals surface area contributed by atoms with Crippen LogP contribution in [0.15, 0.2) is 54.6 Å². The van der Waals surface area contributed by atoms with Crippen molar-refractivity contribution < 1.29 is 68.3 Å². The van der Waals surface area contributed by atoms with Gasteiger partial charge >= 0.3 is 5.97 Å². The van der Waals surface area contributed by atoms with Crippen LogP contribution < -0.4 is 0 Å². The second-order valence-electron chi connectivity index (χ2n) is 19.5. The first-order valence-corrected chi connectivity index (χ1v) is 21.6. The van der Waals surface area contributed by atoms with Gasteiger partial charge in [0.1, 0.15) is 61.2 Å². The first-order valence-electron chi connectivity index (χ1n) is 21.6. The molecule has 5 N–H and O–H groups in total. The third-order valence-corrected chi connectivity index (χ3v) is 12.0. The van der Waals surface area contributed by atoms with E-state index in [0.717, 1.165) is 5.56 Å². The number of likely N-dealkylation sites (N-methyl/N-ethyl adjacent to an activating group) is 1. The Morgan fingerprint density at radius 2 is 1.24 bits per heavy atom. The van der Waals surface area contributed by atoms with Crippen molar-refractivity contribution in [2.24, 2.45) is 5.92 Å². The fourth-order valence-electron chi connectivity index (χ4n) is 7.75. The fraction of sp³-hybridized carbons (Fsp3) is 0.702. The van der Waals surface area contributed by atoms with Gasteiger partial charge in [-0.2, -0.15) is 0 Å². The molecule has 15 nitrogen and oxygen atoms in total. The average Bonchev–Trinajstić information content (AvgIpc) is 3.17. The highest BCUT2D eigenvalue weighted by molar-refractivity contribution is 5.81. The Hall–Kier alpha value is -3.22. The Kier molecular flexibility index (Phi) is 17.2. The van der Waals surface area contributed by atoms with Crippen LogP contribution in [0, 0.1) is 5.92 Å². The predicted octanol–water partition coefficient (Wildman–Crippen LogP) is 4.44. The second kappa shape index (κ2) is 20.7. The minimum Gasteiger partial charge on any atom is -0.508 e. The number of esters is 1. The molecule has 0 bridgehead atoms. The summed E-state index contributed by atoms with van der Waals surface area (Å²) in [5.74, 6) is -1.23. The summed E-state index contributed by atoms with van der Waals surface area (Å²) >= 11 is 0. The van der Waals surface area contributed by atoms with Crippen molar-refractivity contribution in [1.82, 2.24) is 4.90 Å². The molecule has 2 unspecified atom stereocenters. The zero-order valence-corrected chi connectivity index (χ0v) is 38.8. The van der Waals surface area contributed by atoms with Crippen molar-refractivity contribution >= 4 is 11.9 Å². The molecule has 2 aromatic rings. The molecule has 0 saturated carbocycles. The van der Waals surface area contributed by atoms with Crippen LogP contribution in [0.3, 0.4) is 0 Å². The van der Waals surface area contributed by atoms with Gasteiger partial charge in [0, 0.05) is 13.6 Å². The number of benzene rings is 2. The first kappa shape index (κ1) is 51.4. The highest BCUT2D eigenvalue weighted by Gasteiger charge is 2.57. The molecule has 0 aromatic heterocycles. The Bertz CT molecular complexity index is 1730. The van der Waals surface area contributed by atoms with Gasteiger partial charge in [0.15, 0.2) is 12.2 Å². The van der Waals surface area contributed by atoms with Crippen LogP contribution in [0.5, 0.6) is 5.75 Å². The Balaban J connectivity index is 1.52. The zero-order valence-electron chi connectivity index (χ0n) is 38.8. The standard InChI is InChI=1S/C47H73NO14/c1-27(2)45(7,8)62-36-32(50)34(52)40(58-38(36)42(54)48(13)25-29-17-15-14-16-18-29)46(9,10)57-24-23-44(5,6)61-37-33(51)35(53)41(47(11,12)60-28(3)4)59-39(37)43(55)56-26-30-19-21-31(49)22-20-30/h14-22,27-28,32-41,49-53H,23-26H2,1-13H3/t32-,33-,34+,35+,36+,37+,38?,39?,40-,41-/m1/s1. The Morgan fingerprint density at radius 3 is 1.79 bits per heavy atom. The molecule has 350 valence electrons. The summed E-state index contributed by atoms with van der Waals surface area (Å²) in [5.41, 5.74) is -2.84. The van der Waals surface area contributed by atoms with E-state index in [9.17, 15) is 35.1 Å². The number of ether oxygens (including phenoxy) is 7. The number of hydrogen-bond acceptors (Lipinski definition) is 14. The number of nitrogens with zero attached hydrogens (tertiary/aromatic N) is 1. The molecule has 2 fully saturated rings. The van der Waals surface area contributed by atoms with Gasteiger partial charge in [-0.3, -0.25) is 4.79 Å².